The largest absolute Gasteiger partial charge is 0.450 e. The molecule has 0 aliphatic carbocycles. The van der Waals surface area contributed by atoms with Crippen LogP contribution in [0.2, 0.25) is 0 Å². The second-order valence-electron chi connectivity index (χ2n) is 8.63. The number of hydrogen-bond donors (Lipinski definition) is 0. The molecule has 8 nitrogen and oxygen atoms in total. The van der Waals surface area contributed by atoms with Gasteiger partial charge in [0.2, 0.25) is 5.76 Å². The minimum atomic E-state index is -1.53. The van der Waals surface area contributed by atoms with E-state index in [1.165, 1.54) is 4.90 Å². The molecule has 3 aliphatic rings. The number of carbonyl (C=O) groups excluding carboxylic acids is 2. The van der Waals surface area contributed by atoms with Gasteiger partial charge in [-0.3, -0.25) is 19.3 Å². The molecule has 0 bridgehead atoms. The fourth-order valence-corrected chi connectivity index (χ4v) is 5.41. The number of ether oxygens (including phenoxy) is 1. The molecule has 3 aromatic rings. The highest BCUT2D eigenvalue weighted by Crippen LogP contribution is 2.51. The molecule has 1 spiro atoms. The van der Waals surface area contributed by atoms with Crippen LogP contribution in [0.4, 0.5) is 5.69 Å². The molecule has 8 heteroatoms. The van der Waals surface area contributed by atoms with Crippen molar-refractivity contribution in [3.05, 3.63) is 75.6 Å². The van der Waals surface area contributed by atoms with Crippen LogP contribution in [0, 0.1) is 0 Å². The van der Waals surface area contributed by atoms with Gasteiger partial charge in [-0.2, -0.15) is 0 Å². The van der Waals surface area contributed by atoms with Gasteiger partial charge in [-0.25, -0.2) is 0 Å². The normalized spacial score (nSPS) is 22.5. The Bertz CT molecular complexity index is 1360. The van der Waals surface area contributed by atoms with E-state index in [2.05, 4.69) is 4.90 Å². The Hall–Kier alpha value is -3.49. The van der Waals surface area contributed by atoms with Crippen LogP contribution < -0.4 is 10.3 Å². The standard InChI is InChI=1S/C25H23N3O5/c1-26-18-8-4-3-7-17(18)25(24(26)31)20-21(29)16-6-2-5-9-19(16)33-22(20)23(30)28(25)11-10-27-12-14-32-15-13-27/h2-9H,10-15H2,1H3/t25-/m0/s1. The lowest BCUT2D eigenvalue weighted by atomic mass is 9.84. The lowest BCUT2D eigenvalue weighted by Crippen LogP contribution is -2.55. The van der Waals surface area contributed by atoms with E-state index in [1.54, 1.807) is 36.2 Å². The van der Waals surface area contributed by atoms with Gasteiger partial charge >= 0.3 is 0 Å². The van der Waals surface area contributed by atoms with Crippen molar-refractivity contribution in [1.29, 1.82) is 0 Å². The molecule has 4 heterocycles. The zero-order chi connectivity index (χ0) is 22.7. The molecule has 2 amide bonds. The van der Waals surface area contributed by atoms with Crippen LogP contribution in [0.25, 0.3) is 11.0 Å². The van der Waals surface area contributed by atoms with Crippen LogP contribution in [-0.4, -0.2) is 68.1 Å². The fraction of sp³-hybridized carbons (Fsp3) is 0.320. The van der Waals surface area contributed by atoms with Crippen molar-refractivity contribution < 1.29 is 18.7 Å². The quantitative estimate of drug-likeness (QED) is 0.612. The Morgan fingerprint density at radius 1 is 0.939 bits per heavy atom. The van der Waals surface area contributed by atoms with Crippen molar-refractivity contribution in [2.45, 2.75) is 5.54 Å². The third-order valence-corrected chi connectivity index (χ3v) is 7.02. The molecular weight excluding hydrogens is 422 g/mol. The van der Waals surface area contributed by atoms with Crippen LogP contribution in [0.15, 0.2) is 57.7 Å². The zero-order valence-electron chi connectivity index (χ0n) is 18.2. The summed E-state index contributed by atoms with van der Waals surface area (Å²) in [6, 6.07) is 14.2. The number of nitrogens with zero attached hydrogens (tertiary/aromatic N) is 3. The first-order valence-corrected chi connectivity index (χ1v) is 11.1. The van der Waals surface area contributed by atoms with Crippen molar-refractivity contribution in [2.75, 3.05) is 51.3 Å². The average Bonchev–Trinajstić information content (AvgIpc) is 3.23. The first kappa shape index (κ1) is 20.1. The highest BCUT2D eigenvalue weighted by molar-refractivity contribution is 6.16. The molecule has 1 fully saturated rings. The van der Waals surface area contributed by atoms with E-state index in [9.17, 15) is 14.4 Å². The van der Waals surface area contributed by atoms with Crippen LogP contribution in [0.5, 0.6) is 0 Å². The van der Waals surface area contributed by atoms with Crippen molar-refractivity contribution in [2.24, 2.45) is 0 Å². The molecule has 1 atom stereocenters. The van der Waals surface area contributed by atoms with Crippen molar-refractivity contribution in [3.63, 3.8) is 0 Å². The van der Waals surface area contributed by atoms with E-state index in [-0.39, 0.29) is 29.2 Å². The number of hydrogen-bond acceptors (Lipinski definition) is 6. The van der Waals surface area contributed by atoms with Gasteiger partial charge in [-0.15, -0.1) is 0 Å². The lowest BCUT2D eigenvalue weighted by molar-refractivity contribution is -0.125. The number of fused-ring (bicyclic) bond motifs is 5. The van der Waals surface area contributed by atoms with Gasteiger partial charge in [0.05, 0.1) is 24.2 Å². The molecule has 2 aromatic carbocycles. The number of anilines is 1. The molecule has 0 N–H and O–H groups in total. The van der Waals surface area contributed by atoms with E-state index in [1.807, 2.05) is 24.3 Å². The second-order valence-corrected chi connectivity index (χ2v) is 8.63. The molecule has 0 saturated carbocycles. The van der Waals surface area contributed by atoms with Crippen LogP contribution in [0.1, 0.15) is 21.7 Å². The molecule has 1 aromatic heterocycles. The number of likely N-dealkylation sites (N-methyl/N-ethyl adjacent to an activating group) is 1. The minimum Gasteiger partial charge on any atom is -0.450 e. The van der Waals surface area contributed by atoms with Gasteiger partial charge in [0.1, 0.15) is 5.58 Å². The van der Waals surface area contributed by atoms with Gasteiger partial charge < -0.3 is 19.0 Å². The maximum atomic E-state index is 14.0. The highest BCUT2D eigenvalue weighted by atomic mass is 16.5. The number of carbonyl (C=O) groups is 2. The maximum Gasteiger partial charge on any atom is 0.291 e. The summed E-state index contributed by atoms with van der Waals surface area (Å²) in [5.41, 5.74) is -0.0927. The summed E-state index contributed by atoms with van der Waals surface area (Å²) in [7, 11) is 1.68. The van der Waals surface area contributed by atoms with Gasteiger partial charge in [-0.05, 0) is 18.2 Å². The Labute approximate surface area is 189 Å². The molecule has 1 saturated heterocycles. The zero-order valence-corrected chi connectivity index (χ0v) is 18.2. The van der Waals surface area contributed by atoms with Crippen molar-refractivity contribution in [1.82, 2.24) is 9.80 Å². The fourth-order valence-electron chi connectivity index (χ4n) is 5.41. The molecule has 0 radical (unpaired) electrons. The summed E-state index contributed by atoms with van der Waals surface area (Å²) in [6.07, 6.45) is 0. The maximum absolute atomic E-state index is 14.0. The monoisotopic (exact) mass is 445 g/mol. The summed E-state index contributed by atoms with van der Waals surface area (Å²) in [5, 5.41) is 0.360. The number of morpholine rings is 1. The second kappa shape index (κ2) is 7.26. The summed E-state index contributed by atoms with van der Waals surface area (Å²) >= 11 is 0. The molecule has 33 heavy (non-hydrogen) atoms. The number of benzene rings is 2. The molecule has 6 rings (SSSR count). The van der Waals surface area contributed by atoms with E-state index in [0.29, 0.717) is 42.0 Å². The van der Waals surface area contributed by atoms with E-state index in [4.69, 9.17) is 9.15 Å². The van der Waals surface area contributed by atoms with Gasteiger partial charge in [0.15, 0.2) is 11.0 Å². The lowest BCUT2D eigenvalue weighted by Gasteiger charge is -2.36. The van der Waals surface area contributed by atoms with E-state index < -0.39 is 11.4 Å². The average molecular weight is 445 g/mol. The van der Waals surface area contributed by atoms with Gasteiger partial charge in [-0.1, -0.05) is 30.3 Å². The summed E-state index contributed by atoms with van der Waals surface area (Å²) < 4.78 is 11.4. The predicted octanol–water partition coefficient (Wildman–Crippen LogP) is 1.80. The van der Waals surface area contributed by atoms with Gasteiger partial charge in [0.25, 0.3) is 11.8 Å². The predicted molar refractivity (Wildman–Crippen MR) is 121 cm³/mol. The number of amides is 2. The molecular formula is C25H23N3O5. The summed E-state index contributed by atoms with van der Waals surface area (Å²) in [5.74, 6) is -0.793. The van der Waals surface area contributed by atoms with Crippen LogP contribution in [-0.2, 0) is 15.1 Å². The Morgan fingerprint density at radius 2 is 1.67 bits per heavy atom. The number of para-hydroxylation sites is 2. The van der Waals surface area contributed by atoms with E-state index >= 15 is 0 Å². The minimum absolute atomic E-state index is 0.0425. The third kappa shape index (κ3) is 2.62. The Balaban J connectivity index is 1.59. The Morgan fingerprint density at radius 3 is 2.48 bits per heavy atom. The molecule has 3 aliphatic heterocycles. The summed E-state index contributed by atoms with van der Waals surface area (Å²) in [4.78, 5) is 46.8. The highest BCUT2D eigenvalue weighted by Gasteiger charge is 2.64. The van der Waals surface area contributed by atoms with Crippen molar-refractivity contribution in [3.8, 4) is 0 Å². The SMILES string of the molecule is CN1C(=O)[C@]2(c3ccccc31)c1c(oc3ccccc3c1=O)C(=O)N2CCN1CCOCC1. The smallest absolute Gasteiger partial charge is 0.291 e. The first-order valence-electron chi connectivity index (χ1n) is 11.1. The van der Waals surface area contributed by atoms with Crippen LogP contribution in [0.3, 0.4) is 0 Å². The first-order chi connectivity index (χ1) is 16.0. The van der Waals surface area contributed by atoms with E-state index in [0.717, 1.165) is 13.1 Å². The molecule has 168 valence electrons. The third-order valence-electron chi connectivity index (χ3n) is 7.02. The number of rotatable bonds is 3. The van der Waals surface area contributed by atoms with Crippen molar-refractivity contribution >= 4 is 28.5 Å². The van der Waals surface area contributed by atoms with Gasteiger partial charge in [0, 0.05) is 44.5 Å². The summed E-state index contributed by atoms with van der Waals surface area (Å²) in [6.45, 7) is 3.63. The molecule has 0 unspecified atom stereocenters. The topological polar surface area (TPSA) is 83.3 Å². The Kier molecular flexibility index (Phi) is 4.43. The van der Waals surface area contributed by atoms with Crippen LogP contribution >= 0.6 is 0 Å².